The molecule has 3 aromatic carbocycles. The van der Waals surface area contributed by atoms with E-state index in [4.69, 9.17) is 4.74 Å². The van der Waals surface area contributed by atoms with Gasteiger partial charge in [0.2, 0.25) is 17.7 Å². The SMILES string of the molecule is Cn1c(=O)n(C2CCC(=O)NC2=O)c2ccc(C3CCN(CC(=O)N4CC[C@@H](COc5ccc6cc(O)c(N7CC(=O)NS7(=O)=O)c(F)c6c5)C4)CC3)cc21. The molecule has 290 valence electrons. The van der Waals surface area contributed by atoms with E-state index in [9.17, 15) is 37.5 Å². The number of likely N-dealkylation sites (tertiary alicyclic amines) is 2. The van der Waals surface area contributed by atoms with Crippen molar-refractivity contribution in [2.75, 3.05) is 50.2 Å². The van der Waals surface area contributed by atoms with Gasteiger partial charge in [0.05, 0.1) is 24.2 Å². The number of rotatable bonds is 8. The lowest BCUT2D eigenvalue weighted by Gasteiger charge is -2.32. The van der Waals surface area contributed by atoms with E-state index in [2.05, 4.69) is 10.2 Å². The molecule has 5 heterocycles. The molecular weight excluding hydrogens is 738 g/mol. The predicted molar refractivity (Wildman–Crippen MR) is 197 cm³/mol. The number of hydrogen-bond donors (Lipinski definition) is 3. The van der Waals surface area contributed by atoms with Crippen molar-refractivity contribution >= 4 is 61.3 Å². The number of fused-ring (bicyclic) bond motifs is 2. The Morgan fingerprint density at radius 1 is 0.964 bits per heavy atom. The number of imide groups is 1. The van der Waals surface area contributed by atoms with Crippen LogP contribution in [0, 0.1) is 11.7 Å². The molecule has 4 aliphatic heterocycles. The first-order valence-electron chi connectivity index (χ1n) is 18.2. The zero-order chi connectivity index (χ0) is 38.8. The fourth-order valence-electron chi connectivity index (χ4n) is 8.27. The van der Waals surface area contributed by atoms with Gasteiger partial charge >= 0.3 is 15.9 Å². The van der Waals surface area contributed by atoms with Crippen molar-refractivity contribution < 1.29 is 41.8 Å². The Morgan fingerprint density at radius 2 is 1.75 bits per heavy atom. The maximum atomic E-state index is 15.6. The molecule has 4 amide bonds. The molecule has 0 aliphatic carbocycles. The van der Waals surface area contributed by atoms with Crippen molar-refractivity contribution in [2.24, 2.45) is 13.0 Å². The fourth-order valence-corrected chi connectivity index (χ4v) is 9.43. The number of carbonyl (C=O) groups is 4. The summed E-state index contributed by atoms with van der Waals surface area (Å²) in [4.78, 5) is 66.4. The number of nitrogens with zero attached hydrogens (tertiary/aromatic N) is 5. The van der Waals surface area contributed by atoms with Crippen LogP contribution < -0.4 is 24.8 Å². The van der Waals surface area contributed by atoms with Crippen molar-refractivity contribution in [2.45, 2.75) is 44.1 Å². The quantitative estimate of drug-likeness (QED) is 0.222. The lowest BCUT2D eigenvalue weighted by Crippen LogP contribution is -2.44. The molecule has 0 radical (unpaired) electrons. The maximum absolute atomic E-state index is 15.6. The largest absolute Gasteiger partial charge is 0.506 e. The number of anilines is 1. The Labute approximate surface area is 314 Å². The van der Waals surface area contributed by atoms with Crippen molar-refractivity contribution in [1.82, 2.24) is 29.0 Å². The van der Waals surface area contributed by atoms with Gasteiger partial charge in [-0.15, -0.1) is 0 Å². The van der Waals surface area contributed by atoms with E-state index in [0.29, 0.717) is 40.6 Å². The molecule has 2 atom stereocenters. The van der Waals surface area contributed by atoms with Gasteiger partial charge in [-0.3, -0.25) is 38.5 Å². The van der Waals surface area contributed by atoms with E-state index in [1.54, 1.807) is 28.5 Å². The molecule has 8 rings (SSSR count). The summed E-state index contributed by atoms with van der Waals surface area (Å²) in [5, 5.41) is 13.1. The molecule has 1 aromatic heterocycles. The highest BCUT2D eigenvalue weighted by Crippen LogP contribution is 2.39. The Balaban J connectivity index is 0.846. The number of phenols is 1. The van der Waals surface area contributed by atoms with Crippen LogP contribution in [0.5, 0.6) is 11.5 Å². The number of aromatic nitrogens is 2. The lowest BCUT2D eigenvalue weighted by atomic mass is 9.89. The molecule has 0 saturated carbocycles. The summed E-state index contributed by atoms with van der Waals surface area (Å²) in [5.74, 6) is -2.59. The Bertz CT molecular complexity index is 2440. The Morgan fingerprint density at radius 3 is 2.47 bits per heavy atom. The maximum Gasteiger partial charge on any atom is 0.329 e. The number of nitrogens with one attached hydrogen (secondary N) is 2. The summed E-state index contributed by atoms with van der Waals surface area (Å²) < 4.78 is 51.6. The summed E-state index contributed by atoms with van der Waals surface area (Å²) in [6.07, 6.45) is 2.87. The zero-order valence-electron chi connectivity index (χ0n) is 30.0. The van der Waals surface area contributed by atoms with E-state index < -0.39 is 51.9 Å². The zero-order valence-corrected chi connectivity index (χ0v) is 30.8. The van der Waals surface area contributed by atoms with Crippen LogP contribution in [0.25, 0.3) is 21.8 Å². The summed E-state index contributed by atoms with van der Waals surface area (Å²) in [7, 11) is -2.66. The first-order valence-corrected chi connectivity index (χ1v) is 19.7. The number of hydrogen-bond acceptors (Lipinski definition) is 10. The number of piperidine rings is 2. The summed E-state index contributed by atoms with van der Waals surface area (Å²) in [5.41, 5.74) is 1.55. The molecule has 4 fully saturated rings. The van der Waals surface area contributed by atoms with Crippen LogP contribution in [0.3, 0.4) is 0 Å². The van der Waals surface area contributed by atoms with Crippen LogP contribution in [-0.2, 0) is 36.4 Å². The molecule has 4 aromatic rings. The molecule has 4 aliphatic rings. The van der Waals surface area contributed by atoms with Gasteiger partial charge in [-0.25, -0.2) is 18.2 Å². The van der Waals surface area contributed by atoms with Crippen molar-refractivity contribution in [1.29, 1.82) is 0 Å². The van der Waals surface area contributed by atoms with Gasteiger partial charge in [0.1, 0.15) is 29.8 Å². The lowest BCUT2D eigenvalue weighted by molar-refractivity contribution is -0.136. The summed E-state index contributed by atoms with van der Waals surface area (Å²) in [6.45, 7) is 2.50. The summed E-state index contributed by atoms with van der Waals surface area (Å²) in [6, 6.07) is 11.0. The minimum absolute atomic E-state index is 0.0156. The monoisotopic (exact) mass is 777 g/mol. The molecule has 3 N–H and O–H groups in total. The Hall–Kier alpha value is -5.49. The van der Waals surface area contributed by atoms with Gasteiger partial charge in [0, 0.05) is 37.9 Å². The van der Waals surface area contributed by atoms with E-state index in [1.165, 1.54) is 16.7 Å². The topological polar surface area (TPSA) is 193 Å². The molecule has 18 heteroatoms. The minimum Gasteiger partial charge on any atom is -0.506 e. The molecule has 0 spiro atoms. The third-order valence-electron chi connectivity index (χ3n) is 11.3. The molecule has 16 nitrogen and oxygen atoms in total. The molecule has 55 heavy (non-hydrogen) atoms. The predicted octanol–water partition coefficient (Wildman–Crippen LogP) is 1.60. The standard InChI is InChI=1S/C37H40FN7O9S/c1-41-29-14-23(3-5-27(29)45(37(41)51)28-6-7-31(47)39-36(28)50)22-9-11-42(12-10-22)19-33(49)43-13-8-21(17-43)20-54-25-4-2-24-15-30(46)35(34(38)26(24)16-25)44-18-32(48)40-55(44,52)53/h2-5,14-16,21-22,28,46H,6-13,17-20H2,1H3,(H,40,48)(H,39,47,50)/t21-,28?/m1/s1. The van der Waals surface area contributed by atoms with E-state index in [1.807, 2.05) is 23.1 Å². The second-order valence-corrected chi connectivity index (χ2v) is 16.4. The minimum atomic E-state index is -4.34. The van der Waals surface area contributed by atoms with Gasteiger partial charge in [0.15, 0.2) is 5.82 Å². The highest BCUT2D eigenvalue weighted by atomic mass is 32.2. The van der Waals surface area contributed by atoms with Crippen LogP contribution in [0.1, 0.15) is 49.6 Å². The number of imidazole rings is 1. The second-order valence-electron chi connectivity index (χ2n) is 14.8. The summed E-state index contributed by atoms with van der Waals surface area (Å²) >= 11 is 0. The second kappa shape index (κ2) is 14.0. The molecule has 1 unspecified atom stereocenters. The van der Waals surface area contributed by atoms with E-state index in [0.717, 1.165) is 43.4 Å². The number of carbonyl (C=O) groups excluding carboxylic acids is 4. The first kappa shape index (κ1) is 36.5. The fraction of sp³-hybridized carbons (Fsp3) is 0.432. The van der Waals surface area contributed by atoms with Crippen LogP contribution in [0.2, 0.25) is 0 Å². The smallest absolute Gasteiger partial charge is 0.329 e. The third-order valence-corrected chi connectivity index (χ3v) is 12.6. The highest BCUT2D eigenvalue weighted by Gasteiger charge is 2.38. The normalized spacial score (nSPS) is 22.1. The highest BCUT2D eigenvalue weighted by molar-refractivity contribution is 7.92. The van der Waals surface area contributed by atoms with E-state index >= 15 is 4.39 Å². The van der Waals surface area contributed by atoms with Crippen molar-refractivity contribution in [3.05, 3.63) is 64.3 Å². The van der Waals surface area contributed by atoms with Gasteiger partial charge in [0.25, 0.3) is 5.91 Å². The average Bonchev–Trinajstić information content (AvgIpc) is 3.81. The molecule has 0 bridgehead atoms. The average molecular weight is 778 g/mol. The number of aryl methyl sites for hydroxylation is 1. The third kappa shape index (κ3) is 6.77. The van der Waals surface area contributed by atoms with Gasteiger partial charge < -0.3 is 14.7 Å². The van der Waals surface area contributed by atoms with Gasteiger partial charge in [-0.05, 0) is 86.0 Å². The van der Waals surface area contributed by atoms with Crippen LogP contribution in [-0.4, -0.2) is 102 Å². The number of benzene rings is 3. The number of ether oxygens (including phenoxy) is 1. The van der Waals surface area contributed by atoms with Crippen molar-refractivity contribution in [3.8, 4) is 11.5 Å². The number of halogens is 1. The number of amides is 4. The van der Waals surface area contributed by atoms with Crippen molar-refractivity contribution in [3.63, 3.8) is 0 Å². The molecule has 4 saturated heterocycles. The number of aromatic hydroxyl groups is 1. The van der Waals surface area contributed by atoms with Crippen LogP contribution in [0.4, 0.5) is 10.1 Å². The van der Waals surface area contributed by atoms with Gasteiger partial charge in [-0.1, -0.05) is 12.1 Å². The van der Waals surface area contributed by atoms with Gasteiger partial charge in [-0.2, -0.15) is 8.42 Å². The first-order chi connectivity index (χ1) is 26.3. The van der Waals surface area contributed by atoms with Crippen LogP contribution >= 0.6 is 0 Å². The van der Waals surface area contributed by atoms with Crippen LogP contribution in [0.15, 0.2) is 47.3 Å². The van der Waals surface area contributed by atoms with E-state index in [-0.39, 0.29) is 54.2 Å². The molecular formula is C37H40FN7O9S. The number of phenolic OH excluding ortho intramolecular Hbond substituents is 1. The Kier molecular flexibility index (Phi) is 9.27.